The van der Waals surface area contributed by atoms with Gasteiger partial charge in [-0.25, -0.2) is 5.10 Å². The zero-order chi connectivity index (χ0) is 18.4. The third kappa shape index (κ3) is 4.30. The van der Waals surface area contributed by atoms with Crippen molar-refractivity contribution in [3.05, 3.63) is 88.4 Å². The molecule has 0 fully saturated rings. The Morgan fingerprint density at radius 3 is 2.35 bits per heavy atom. The van der Waals surface area contributed by atoms with Crippen LogP contribution in [0, 0.1) is 0 Å². The molecule has 130 valence electrons. The van der Waals surface area contributed by atoms with E-state index in [1.54, 1.807) is 0 Å². The number of hydrogen-bond acceptors (Lipinski definition) is 4. The number of aromatic amines is 1. The number of H-pyrrole nitrogens is 1. The van der Waals surface area contributed by atoms with Gasteiger partial charge in [0.05, 0.1) is 11.1 Å². The van der Waals surface area contributed by atoms with E-state index in [4.69, 9.17) is 0 Å². The smallest absolute Gasteiger partial charge is 0.272 e. The third-order valence-electron chi connectivity index (χ3n) is 3.87. The van der Waals surface area contributed by atoms with Crippen LogP contribution in [0.3, 0.4) is 0 Å². The maximum atomic E-state index is 11.7. The molecule has 0 unspecified atom stereocenters. The predicted molar refractivity (Wildman–Crippen MR) is 99.3 cm³/mol. The van der Waals surface area contributed by atoms with Crippen LogP contribution in [0.2, 0.25) is 0 Å². The number of hydrogen-bond donors (Lipinski definition) is 2. The van der Waals surface area contributed by atoms with Gasteiger partial charge in [-0.1, -0.05) is 54.2 Å². The van der Waals surface area contributed by atoms with Crippen LogP contribution in [-0.4, -0.2) is 22.0 Å². The quantitative estimate of drug-likeness (QED) is 0.814. The van der Waals surface area contributed by atoms with Crippen molar-refractivity contribution in [2.75, 3.05) is 0 Å². The van der Waals surface area contributed by atoms with Gasteiger partial charge in [0.25, 0.3) is 17.4 Å². The van der Waals surface area contributed by atoms with Crippen LogP contribution in [0.25, 0.3) is 10.8 Å². The highest BCUT2D eigenvalue weighted by atomic mass is 16.2. The fourth-order valence-corrected chi connectivity index (χ4v) is 2.63. The molecule has 6 nitrogen and oxygen atoms in total. The van der Waals surface area contributed by atoms with E-state index in [-0.39, 0.29) is 17.4 Å². The highest BCUT2D eigenvalue weighted by Gasteiger charge is 2.08. The van der Waals surface area contributed by atoms with Crippen LogP contribution in [0.1, 0.15) is 12.1 Å². The number of allylic oxidation sites excluding steroid dienone is 6. The molecule has 0 saturated heterocycles. The van der Waals surface area contributed by atoms with Crippen LogP contribution in [-0.2, 0) is 16.0 Å². The summed E-state index contributed by atoms with van der Waals surface area (Å²) in [6.45, 7) is 0. The van der Waals surface area contributed by atoms with Gasteiger partial charge in [0.1, 0.15) is 0 Å². The first-order chi connectivity index (χ1) is 12.6. The van der Waals surface area contributed by atoms with Gasteiger partial charge < -0.3 is 0 Å². The second-order valence-corrected chi connectivity index (χ2v) is 5.75. The number of benzene rings is 1. The van der Waals surface area contributed by atoms with Gasteiger partial charge >= 0.3 is 0 Å². The highest BCUT2D eigenvalue weighted by molar-refractivity contribution is 6.12. The van der Waals surface area contributed by atoms with Gasteiger partial charge in [0, 0.05) is 24.0 Å². The SMILES string of the molecule is O=C1C=CC(=O)N1.O=c1[nH]nc(CC2=CC=CC=CC2)c2ccccc12. The van der Waals surface area contributed by atoms with E-state index in [0.29, 0.717) is 5.39 Å². The maximum absolute atomic E-state index is 11.7. The van der Waals surface area contributed by atoms with E-state index in [1.807, 2.05) is 47.8 Å². The highest BCUT2D eigenvalue weighted by Crippen LogP contribution is 2.18. The molecule has 0 spiro atoms. The molecule has 0 bridgehead atoms. The van der Waals surface area contributed by atoms with Gasteiger partial charge in [0.15, 0.2) is 0 Å². The average molecular weight is 347 g/mol. The Bertz CT molecular complexity index is 1010. The summed E-state index contributed by atoms with van der Waals surface area (Å²) in [6.07, 6.45) is 14.4. The van der Waals surface area contributed by atoms with Gasteiger partial charge in [-0.05, 0) is 12.5 Å². The molecule has 2 heterocycles. The number of carbonyl (C=O) groups is 2. The van der Waals surface area contributed by atoms with Crippen LogP contribution in [0.4, 0.5) is 0 Å². The Morgan fingerprint density at radius 1 is 0.923 bits per heavy atom. The van der Waals surface area contributed by atoms with Crippen molar-refractivity contribution in [3.8, 4) is 0 Å². The molecule has 6 heteroatoms. The first-order valence-corrected chi connectivity index (χ1v) is 8.14. The van der Waals surface area contributed by atoms with Gasteiger partial charge in [-0.3, -0.25) is 19.7 Å². The number of amides is 2. The molecule has 26 heavy (non-hydrogen) atoms. The van der Waals surface area contributed by atoms with Crippen molar-refractivity contribution in [3.63, 3.8) is 0 Å². The number of imide groups is 1. The van der Waals surface area contributed by atoms with Crippen LogP contribution in [0.5, 0.6) is 0 Å². The lowest BCUT2D eigenvalue weighted by Crippen LogP contribution is -2.19. The van der Waals surface area contributed by atoms with Gasteiger partial charge in [0.2, 0.25) is 0 Å². The summed E-state index contributed by atoms with van der Waals surface area (Å²) < 4.78 is 0. The second-order valence-electron chi connectivity index (χ2n) is 5.75. The average Bonchev–Trinajstić information content (AvgIpc) is 2.87. The topological polar surface area (TPSA) is 91.9 Å². The number of nitrogens with zero attached hydrogens (tertiary/aromatic N) is 1. The van der Waals surface area contributed by atoms with Crippen molar-refractivity contribution in [1.29, 1.82) is 0 Å². The number of rotatable bonds is 2. The van der Waals surface area contributed by atoms with Crippen molar-refractivity contribution in [2.24, 2.45) is 0 Å². The van der Waals surface area contributed by atoms with E-state index < -0.39 is 0 Å². The largest absolute Gasteiger partial charge is 0.289 e. The second kappa shape index (κ2) is 8.02. The third-order valence-corrected chi connectivity index (χ3v) is 3.87. The summed E-state index contributed by atoms with van der Waals surface area (Å²) in [4.78, 5) is 31.8. The summed E-state index contributed by atoms with van der Waals surface area (Å²) in [5.74, 6) is -0.657. The number of carbonyl (C=O) groups excluding carboxylic acids is 2. The summed E-state index contributed by atoms with van der Waals surface area (Å²) in [5, 5.41) is 10.4. The fraction of sp³-hybridized carbons (Fsp3) is 0.100. The monoisotopic (exact) mass is 347 g/mol. The minimum atomic E-state index is -0.329. The van der Waals surface area contributed by atoms with E-state index >= 15 is 0 Å². The Kier molecular flexibility index (Phi) is 5.34. The first-order valence-electron chi connectivity index (χ1n) is 8.14. The predicted octanol–water partition coefficient (Wildman–Crippen LogP) is 2.11. The molecule has 2 amide bonds. The van der Waals surface area contributed by atoms with E-state index in [0.717, 1.165) is 23.9 Å². The molecular formula is C20H17N3O3. The van der Waals surface area contributed by atoms with Crippen LogP contribution >= 0.6 is 0 Å². The molecule has 2 aliphatic rings. The molecule has 1 aromatic heterocycles. The maximum Gasteiger partial charge on any atom is 0.272 e. The van der Waals surface area contributed by atoms with Crippen molar-refractivity contribution >= 4 is 22.6 Å². The first kappa shape index (κ1) is 17.3. The Hall–Kier alpha value is -3.54. The lowest BCUT2D eigenvalue weighted by molar-refractivity contribution is -0.123. The zero-order valence-corrected chi connectivity index (χ0v) is 13.9. The Morgan fingerprint density at radius 2 is 1.65 bits per heavy atom. The molecule has 1 aliphatic heterocycles. The van der Waals surface area contributed by atoms with Crippen LogP contribution < -0.4 is 10.9 Å². The van der Waals surface area contributed by atoms with Crippen molar-refractivity contribution < 1.29 is 9.59 Å². The molecule has 2 N–H and O–H groups in total. The molecule has 2 aromatic rings. The standard InChI is InChI=1S/C16H14N2O.C4H3NO2/c19-16-14-10-6-5-9-13(14)15(17-18-16)11-12-7-3-1-2-4-8-12;6-3-1-2-4(7)5-3/h1-7,9-10H,8,11H2,(H,18,19);1-2H,(H,5,6,7). The molecule has 0 radical (unpaired) electrons. The summed E-state index contributed by atoms with van der Waals surface area (Å²) >= 11 is 0. The molecule has 1 aliphatic carbocycles. The Labute approximate surface area is 149 Å². The normalized spacial score (nSPS) is 15.3. The van der Waals surface area contributed by atoms with Crippen molar-refractivity contribution in [2.45, 2.75) is 12.8 Å². The van der Waals surface area contributed by atoms with E-state index in [1.165, 1.54) is 17.7 Å². The lowest BCUT2D eigenvalue weighted by Gasteiger charge is -2.06. The molecule has 0 atom stereocenters. The molecular weight excluding hydrogens is 330 g/mol. The molecule has 1 aromatic carbocycles. The Balaban J connectivity index is 0.000000236. The lowest BCUT2D eigenvalue weighted by atomic mass is 10.0. The zero-order valence-electron chi connectivity index (χ0n) is 13.9. The fourth-order valence-electron chi connectivity index (χ4n) is 2.63. The number of fused-ring (bicyclic) bond motifs is 1. The van der Waals surface area contributed by atoms with E-state index in [9.17, 15) is 14.4 Å². The summed E-state index contributed by atoms with van der Waals surface area (Å²) in [5.41, 5.74) is 2.08. The van der Waals surface area contributed by atoms with E-state index in [2.05, 4.69) is 22.3 Å². The van der Waals surface area contributed by atoms with Gasteiger partial charge in [-0.15, -0.1) is 0 Å². The summed E-state index contributed by atoms with van der Waals surface area (Å²) in [7, 11) is 0. The van der Waals surface area contributed by atoms with Gasteiger partial charge in [-0.2, -0.15) is 5.10 Å². The molecule has 0 saturated carbocycles. The number of aromatic nitrogens is 2. The molecule has 4 rings (SSSR count). The minimum Gasteiger partial charge on any atom is -0.289 e. The summed E-state index contributed by atoms with van der Waals surface area (Å²) in [6, 6.07) is 7.60. The number of nitrogens with one attached hydrogen (secondary N) is 2. The van der Waals surface area contributed by atoms with Crippen LogP contribution in [0.15, 0.2) is 77.2 Å². The van der Waals surface area contributed by atoms with Crippen molar-refractivity contribution in [1.82, 2.24) is 15.5 Å². The minimum absolute atomic E-state index is 0.131.